The first-order chi connectivity index (χ1) is 18.1. The molecule has 37 heavy (non-hydrogen) atoms. The fourth-order valence-corrected chi connectivity index (χ4v) is 4.84. The summed E-state index contributed by atoms with van der Waals surface area (Å²) in [6.45, 7) is 4.56. The second-order valence-electron chi connectivity index (χ2n) is 9.76. The van der Waals surface area contributed by atoms with Gasteiger partial charge in [-0.05, 0) is 6.42 Å². The zero-order chi connectivity index (χ0) is 26.7. The fourth-order valence-electron chi connectivity index (χ4n) is 4.16. The molecule has 0 spiro atoms. The van der Waals surface area contributed by atoms with Crippen molar-refractivity contribution in [1.29, 1.82) is 0 Å². The van der Waals surface area contributed by atoms with E-state index in [4.69, 9.17) is 18.5 Å². The van der Waals surface area contributed by atoms with Gasteiger partial charge >= 0.3 is 0 Å². The average Bonchev–Trinajstić information content (AvgIpc) is 2.89. The summed E-state index contributed by atoms with van der Waals surface area (Å²) in [5.41, 5.74) is 0. The Hall–Kier alpha value is -0.820. The van der Waals surface area contributed by atoms with Gasteiger partial charge in [0.05, 0.1) is 26.4 Å². The molecule has 0 aliphatic carbocycles. The molecule has 1 rings (SSSR count). The molecule has 1 atom stereocenters. The van der Waals surface area contributed by atoms with Crippen molar-refractivity contribution >= 4 is 7.82 Å². The molecule has 0 bridgehead atoms. The van der Waals surface area contributed by atoms with Gasteiger partial charge in [0, 0.05) is 18.7 Å². The van der Waals surface area contributed by atoms with Crippen molar-refractivity contribution in [3.05, 3.63) is 30.6 Å². The first kappa shape index (κ1) is 34.2. The van der Waals surface area contributed by atoms with Crippen LogP contribution >= 0.6 is 7.82 Å². The van der Waals surface area contributed by atoms with E-state index < -0.39 is 7.82 Å². The summed E-state index contributed by atoms with van der Waals surface area (Å²) in [4.78, 5) is 11.7. The van der Waals surface area contributed by atoms with Crippen LogP contribution in [-0.4, -0.2) is 39.6 Å². The second-order valence-corrected chi connectivity index (χ2v) is 11.2. The third-order valence-corrected chi connectivity index (χ3v) is 7.37. The lowest BCUT2D eigenvalue weighted by atomic mass is 10.0. The van der Waals surface area contributed by atoms with Crippen molar-refractivity contribution in [2.24, 2.45) is 0 Å². The molecule has 1 aromatic rings. The molecule has 0 aromatic carbocycles. The van der Waals surface area contributed by atoms with Gasteiger partial charge < -0.3 is 23.4 Å². The second kappa shape index (κ2) is 25.5. The number of unbranched alkanes of at least 4 members (excludes halogenated alkanes) is 15. The normalized spacial score (nSPS) is 13.1. The monoisotopic (exact) mass is 543 g/mol. The Kier molecular flexibility index (Phi) is 23.5. The summed E-state index contributed by atoms with van der Waals surface area (Å²) >= 11 is 0. The van der Waals surface area contributed by atoms with Crippen molar-refractivity contribution in [3.8, 4) is 0 Å². The molecule has 0 N–H and O–H groups in total. The Bertz CT molecular complexity index is 649. The molecular weight excluding hydrogens is 489 g/mol. The maximum atomic E-state index is 11.7. The third-order valence-electron chi connectivity index (χ3n) is 6.37. The van der Waals surface area contributed by atoms with E-state index in [-0.39, 0.29) is 19.8 Å². The molecule has 8 heteroatoms. The predicted octanol–water partition coefficient (Wildman–Crippen LogP) is 6.77. The maximum Gasteiger partial charge on any atom is 0.268 e. The lowest BCUT2D eigenvalue weighted by molar-refractivity contribution is -0.697. The zero-order valence-electron chi connectivity index (χ0n) is 23.5. The first-order valence-electron chi connectivity index (χ1n) is 14.8. The van der Waals surface area contributed by atoms with Crippen LogP contribution in [0.3, 0.4) is 0 Å². The highest BCUT2D eigenvalue weighted by Crippen LogP contribution is 2.37. The van der Waals surface area contributed by atoms with E-state index in [0.717, 1.165) is 13.0 Å². The minimum atomic E-state index is -4.30. The first-order valence-corrected chi connectivity index (χ1v) is 16.3. The van der Waals surface area contributed by atoms with Gasteiger partial charge in [0.25, 0.3) is 7.82 Å². The Balaban J connectivity index is 1.74. The average molecular weight is 544 g/mol. The topological polar surface area (TPSA) is 80.9 Å². The summed E-state index contributed by atoms with van der Waals surface area (Å²) in [7, 11) is -4.30. The molecule has 0 saturated carbocycles. The maximum absolute atomic E-state index is 11.7. The van der Waals surface area contributed by atoms with Gasteiger partial charge in [-0.2, -0.15) is 0 Å². The van der Waals surface area contributed by atoms with Crippen molar-refractivity contribution < 1.29 is 32.5 Å². The number of hydrogen-bond acceptors (Lipinski definition) is 6. The van der Waals surface area contributed by atoms with E-state index in [1.54, 1.807) is 0 Å². The molecule has 0 radical (unpaired) electrons. The predicted molar refractivity (Wildman–Crippen MR) is 147 cm³/mol. The van der Waals surface area contributed by atoms with E-state index in [9.17, 15) is 9.46 Å². The molecule has 0 fully saturated rings. The molecular formula is C29H54NO6P. The van der Waals surface area contributed by atoms with Crippen molar-refractivity contribution in [2.45, 2.75) is 116 Å². The largest absolute Gasteiger partial charge is 0.756 e. The molecule has 7 nitrogen and oxygen atoms in total. The zero-order valence-corrected chi connectivity index (χ0v) is 24.4. The summed E-state index contributed by atoms with van der Waals surface area (Å²) in [6, 6.07) is 5.64. The van der Waals surface area contributed by atoms with Gasteiger partial charge in [-0.1, -0.05) is 109 Å². The molecule has 0 saturated heterocycles. The van der Waals surface area contributed by atoms with Crippen LogP contribution in [0.25, 0.3) is 0 Å². The number of hydrogen-bond donors (Lipinski definition) is 0. The Morgan fingerprint density at radius 1 is 0.568 bits per heavy atom. The number of ether oxygens (including phenoxy) is 2. The van der Waals surface area contributed by atoms with Crippen LogP contribution in [0.5, 0.6) is 0 Å². The van der Waals surface area contributed by atoms with E-state index in [1.165, 1.54) is 96.3 Å². The molecule has 0 aliphatic rings. The van der Waals surface area contributed by atoms with E-state index in [2.05, 4.69) is 6.92 Å². The molecule has 0 aliphatic heterocycles. The van der Waals surface area contributed by atoms with Crippen LogP contribution in [0.15, 0.2) is 30.6 Å². The van der Waals surface area contributed by atoms with Crippen LogP contribution in [0.2, 0.25) is 0 Å². The molecule has 0 amide bonds. The van der Waals surface area contributed by atoms with Crippen molar-refractivity contribution in [2.75, 3.05) is 39.6 Å². The van der Waals surface area contributed by atoms with Gasteiger partial charge in [0.15, 0.2) is 18.9 Å². The fraction of sp³-hybridized carbons (Fsp3) is 0.828. The van der Waals surface area contributed by atoms with Gasteiger partial charge in [-0.3, -0.25) is 4.57 Å². The lowest BCUT2D eigenvalue weighted by Gasteiger charge is -2.21. The Labute approximate surface area is 226 Å². The Morgan fingerprint density at radius 2 is 1.00 bits per heavy atom. The number of rotatable bonds is 28. The lowest BCUT2D eigenvalue weighted by Crippen LogP contribution is -2.34. The van der Waals surface area contributed by atoms with Gasteiger partial charge in [0.1, 0.15) is 6.61 Å². The number of aromatic nitrogens is 1. The number of phosphoric ester groups is 1. The smallest absolute Gasteiger partial charge is 0.268 e. The molecule has 216 valence electrons. The number of nitrogens with zero attached hydrogens (tertiary/aromatic N) is 1. The summed E-state index contributed by atoms with van der Waals surface area (Å²) in [5, 5.41) is 0. The van der Waals surface area contributed by atoms with E-state index >= 15 is 0 Å². The van der Waals surface area contributed by atoms with E-state index in [0.29, 0.717) is 19.8 Å². The Morgan fingerprint density at radius 3 is 1.54 bits per heavy atom. The highest BCUT2D eigenvalue weighted by Gasteiger charge is 2.10. The molecule has 1 aromatic heterocycles. The van der Waals surface area contributed by atoms with Gasteiger partial charge in [-0.15, -0.1) is 0 Å². The minimum Gasteiger partial charge on any atom is -0.756 e. The van der Waals surface area contributed by atoms with Crippen LogP contribution in [0.1, 0.15) is 110 Å². The highest BCUT2D eigenvalue weighted by atomic mass is 31.2. The summed E-state index contributed by atoms with van der Waals surface area (Å²) in [5.74, 6) is 0. The molecule has 1 heterocycles. The molecule has 1 unspecified atom stereocenters. The quantitative estimate of drug-likeness (QED) is 0.0659. The standard InChI is InChI=1S/C29H54NO6P/c1-2-3-4-5-6-7-8-9-10-11-12-13-14-15-16-20-24-33-26-27-34-28-29-36-37(31,32)35-25-23-30-21-18-17-19-22-30/h17-19,21-22H,2-16,20,23-29H2,1H3. The third kappa shape index (κ3) is 24.0. The number of phosphoric acid groups is 1. The van der Waals surface area contributed by atoms with Crippen LogP contribution in [0.4, 0.5) is 0 Å². The van der Waals surface area contributed by atoms with Crippen LogP contribution in [-0.2, 0) is 29.6 Å². The van der Waals surface area contributed by atoms with Crippen LogP contribution in [0, 0.1) is 0 Å². The number of pyridine rings is 1. The van der Waals surface area contributed by atoms with Gasteiger partial charge in [-0.25, -0.2) is 4.57 Å². The van der Waals surface area contributed by atoms with E-state index in [1.807, 2.05) is 35.2 Å². The summed E-state index contributed by atoms with van der Waals surface area (Å²) < 4.78 is 34.2. The summed E-state index contributed by atoms with van der Waals surface area (Å²) in [6.07, 6.45) is 25.5. The van der Waals surface area contributed by atoms with Gasteiger partial charge in [0.2, 0.25) is 0 Å². The SMILES string of the molecule is CCCCCCCCCCCCCCCCCCOCCOCCOP(=O)([O-])OCC[n+]1ccccc1. The highest BCUT2D eigenvalue weighted by molar-refractivity contribution is 7.45. The minimum absolute atomic E-state index is 0.0313. The van der Waals surface area contributed by atoms with Crippen LogP contribution < -0.4 is 9.46 Å². The van der Waals surface area contributed by atoms with Crippen molar-refractivity contribution in [3.63, 3.8) is 0 Å². The van der Waals surface area contributed by atoms with Crippen molar-refractivity contribution in [1.82, 2.24) is 0 Å².